The van der Waals surface area contributed by atoms with Crippen LogP contribution in [-0.2, 0) is 22.6 Å². The lowest BCUT2D eigenvalue weighted by Crippen LogP contribution is -2.29. The Morgan fingerprint density at radius 2 is 1.97 bits per heavy atom. The summed E-state index contributed by atoms with van der Waals surface area (Å²) in [5, 5.41) is 11.8. The van der Waals surface area contributed by atoms with Crippen molar-refractivity contribution in [1.29, 1.82) is 0 Å². The molecule has 2 aliphatic heterocycles. The molecular weight excluding hydrogens is 440 g/mol. The summed E-state index contributed by atoms with van der Waals surface area (Å²) in [4.78, 5) is 31.9. The molecule has 166 valence electrons. The SMILES string of the molecule is O=C1C(=O)N(Cc2cccnc2)C(c2ccc(Cl)cc2)/C1=C(/O)c1ccc2c(c1)CCCO2. The van der Waals surface area contributed by atoms with Crippen molar-refractivity contribution in [2.75, 3.05) is 6.61 Å². The Bertz CT molecular complexity index is 1260. The predicted molar refractivity (Wildman–Crippen MR) is 124 cm³/mol. The number of pyridine rings is 1. The summed E-state index contributed by atoms with van der Waals surface area (Å²) < 4.78 is 5.66. The normalized spacial score (nSPS) is 19.3. The molecule has 7 heteroatoms. The van der Waals surface area contributed by atoms with Gasteiger partial charge in [-0.05, 0) is 65.9 Å². The van der Waals surface area contributed by atoms with Crippen LogP contribution in [0.15, 0.2) is 72.6 Å². The van der Waals surface area contributed by atoms with Gasteiger partial charge in [0.1, 0.15) is 11.5 Å². The first-order valence-electron chi connectivity index (χ1n) is 10.7. The number of aliphatic hydroxyl groups is 1. The van der Waals surface area contributed by atoms with Crippen LogP contribution < -0.4 is 4.74 Å². The highest BCUT2D eigenvalue weighted by molar-refractivity contribution is 6.46. The number of nitrogens with zero attached hydrogens (tertiary/aromatic N) is 2. The molecule has 1 atom stereocenters. The fraction of sp³-hybridized carbons (Fsp3) is 0.192. The molecule has 1 unspecified atom stereocenters. The van der Waals surface area contributed by atoms with Gasteiger partial charge in [0.05, 0.1) is 18.2 Å². The zero-order valence-electron chi connectivity index (χ0n) is 17.7. The summed E-state index contributed by atoms with van der Waals surface area (Å²) in [6, 6.07) is 15.2. The third-order valence-electron chi connectivity index (χ3n) is 5.98. The van der Waals surface area contributed by atoms with Crippen LogP contribution in [0.25, 0.3) is 5.76 Å². The first-order chi connectivity index (χ1) is 16.0. The molecule has 0 spiro atoms. The van der Waals surface area contributed by atoms with E-state index in [0.29, 0.717) is 22.8 Å². The number of carbonyl (C=O) groups excluding carboxylic acids is 2. The molecule has 0 radical (unpaired) electrons. The van der Waals surface area contributed by atoms with E-state index < -0.39 is 17.7 Å². The van der Waals surface area contributed by atoms with Crippen molar-refractivity contribution < 1.29 is 19.4 Å². The smallest absolute Gasteiger partial charge is 0.295 e. The van der Waals surface area contributed by atoms with Crippen LogP contribution in [0.3, 0.4) is 0 Å². The number of ether oxygens (including phenoxy) is 1. The number of ketones is 1. The highest BCUT2D eigenvalue weighted by atomic mass is 35.5. The highest BCUT2D eigenvalue weighted by Gasteiger charge is 2.46. The van der Waals surface area contributed by atoms with Crippen molar-refractivity contribution in [2.45, 2.75) is 25.4 Å². The number of Topliss-reactive ketones (excluding diaryl/α,β-unsaturated/α-hetero) is 1. The van der Waals surface area contributed by atoms with Crippen LogP contribution >= 0.6 is 11.6 Å². The Hall–Kier alpha value is -3.64. The highest BCUT2D eigenvalue weighted by Crippen LogP contribution is 2.41. The van der Waals surface area contributed by atoms with Crippen molar-refractivity contribution in [3.8, 4) is 5.75 Å². The lowest BCUT2D eigenvalue weighted by Gasteiger charge is -2.25. The van der Waals surface area contributed by atoms with Gasteiger partial charge in [0, 0.05) is 29.5 Å². The summed E-state index contributed by atoms with van der Waals surface area (Å²) in [6.07, 6.45) is 5.01. The maximum atomic E-state index is 13.2. The molecule has 1 fully saturated rings. The van der Waals surface area contributed by atoms with Crippen molar-refractivity contribution in [1.82, 2.24) is 9.88 Å². The maximum Gasteiger partial charge on any atom is 0.295 e. The molecule has 0 bridgehead atoms. The monoisotopic (exact) mass is 460 g/mol. The second kappa shape index (κ2) is 8.71. The molecule has 6 nitrogen and oxygen atoms in total. The molecule has 5 rings (SSSR count). The van der Waals surface area contributed by atoms with E-state index in [-0.39, 0.29) is 17.9 Å². The third-order valence-corrected chi connectivity index (χ3v) is 6.24. The third kappa shape index (κ3) is 3.98. The standard InChI is InChI=1S/C26H21ClN2O4/c27-20-8-5-17(6-9-20)23-22(24(30)19-7-10-21-18(13-19)4-2-12-33-21)25(31)26(32)29(23)15-16-3-1-11-28-14-16/h1,3,5-11,13-14,23,30H,2,4,12,15H2/b24-22-. The first kappa shape index (κ1) is 21.2. The van der Waals surface area contributed by atoms with Gasteiger partial charge in [0.2, 0.25) is 0 Å². The molecule has 3 aromatic rings. The maximum absolute atomic E-state index is 13.2. The van der Waals surface area contributed by atoms with Crippen LogP contribution in [0.4, 0.5) is 0 Å². The second-order valence-electron chi connectivity index (χ2n) is 8.11. The quantitative estimate of drug-likeness (QED) is 0.347. The van der Waals surface area contributed by atoms with Gasteiger partial charge >= 0.3 is 0 Å². The molecular formula is C26H21ClN2O4. The van der Waals surface area contributed by atoms with E-state index in [0.717, 1.165) is 29.7 Å². The van der Waals surface area contributed by atoms with Crippen LogP contribution in [0, 0.1) is 0 Å². The molecule has 3 heterocycles. The molecule has 2 aromatic carbocycles. The van der Waals surface area contributed by atoms with Gasteiger partial charge < -0.3 is 14.7 Å². The average molecular weight is 461 g/mol. The van der Waals surface area contributed by atoms with Crippen LogP contribution in [-0.4, -0.2) is 33.3 Å². The predicted octanol–water partition coefficient (Wildman–Crippen LogP) is 4.68. The lowest BCUT2D eigenvalue weighted by molar-refractivity contribution is -0.140. The van der Waals surface area contributed by atoms with E-state index in [9.17, 15) is 14.7 Å². The fourth-order valence-electron chi connectivity index (χ4n) is 4.39. The van der Waals surface area contributed by atoms with E-state index in [1.54, 1.807) is 54.9 Å². The summed E-state index contributed by atoms with van der Waals surface area (Å²) in [5.74, 6) is -0.800. The van der Waals surface area contributed by atoms with E-state index in [2.05, 4.69) is 4.98 Å². The summed E-state index contributed by atoms with van der Waals surface area (Å²) in [5.41, 5.74) is 2.98. The van der Waals surface area contributed by atoms with Gasteiger partial charge in [-0.15, -0.1) is 0 Å². The van der Waals surface area contributed by atoms with Gasteiger partial charge in [-0.1, -0.05) is 29.8 Å². The Balaban J connectivity index is 1.63. The number of aryl methyl sites for hydroxylation is 1. The Morgan fingerprint density at radius 1 is 1.15 bits per heavy atom. The number of hydrogen-bond donors (Lipinski definition) is 1. The summed E-state index contributed by atoms with van der Waals surface area (Å²) in [7, 11) is 0. The Kier molecular flexibility index (Phi) is 5.60. The van der Waals surface area contributed by atoms with E-state index in [1.165, 1.54) is 4.90 Å². The van der Waals surface area contributed by atoms with Crippen molar-refractivity contribution in [3.05, 3.63) is 99.8 Å². The van der Waals surface area contributed by atoms with Crippen molar-refractivity contribution >= 4 is 29.1 Å². The first-order valence-corrected chi connectivity index (χ1v) is 11.1. The number of hydrogen-bond acceptors (Lipinski definition) is 5. The summed E-state index contributed by atoms with van der Waals surface area (Å²) >= 11 is 6.08. The van der Waals surface area contributed by atoms with Gasteiger partial charge in [-0.25, -0.2) is 0 Å². The molecule has 0 saturated carbocycles. The molecule has 33 heavy (non-hydrogen) atoms. The van der Waals surface area contributed by atoms with Crippen LogP contribution in [0.2, 0.25) is 5.02 Å². The zero-order chi connectivity index (χ0) is 22.9. The number of halogens is 1. The van der Waals surface area contributed by atoms with E-state index in [4.69, 9.17) is 16.3 Å². The zero-order valence-corrected chi connectivity index (χ0v) is 18.5. The number of rotatable bonds is 4. The Labute approximate surface area is 196 Å². The van der Waals surface area contributed by atoms with Crippen molar-refractivity contribution in [2.24, 2.45) is 0 Å². The number of benzene rings is 2. The second-order valence-corrected chi connectivity index (χ2v) is 8.55. The van der Waals surface area contributed by atoms with Crippen molar-refractivity contribution in [3.63, 3.8) is 0 Å². The fourth-order valence-corrected chi connectivity index (χ4v) is 4.51. The molecule has 1 amide bonds. The minimum Gasteiger partial charge on any atom is -0.507 e. The number of likely N-dealkylation sites (tertiary alicyclic amines) is 1. The van der Waals surface area contributed by atoms with E-state index >= 15 is 0 Å². The number of aromatic nitrogens is 1. The summed E-state index contributed by atoms with van der Waals surface area (Å²) in [6.45, 7) is 0.842. The van der Waals surface area contributed by atoms with Crippen LogP contribution in [0.1, 0.15) is 34.7 Å². The van der Waals surface area contributed by atoms with E-state index in [1.807, 2.05) is 12.1 Å². The molecule has 1 aromatic heterocycles. The number of amides is 1. The minimum absolute atomic E-state index is 0.0582. The minimum atomic E-state index is -0.755. The van der Waals surface area contributed by atoms with Gasteiger partial charge in [-0.2, -0.15) is 0 Å². The lowest BCUT2D eigenvalue weighted by atomic mass is 9.94. The van der Waals surface area contributed by atoms with Gasteiger partial charge in [0.15, 0.2) is 0 Å². The van der Waals surface area contributed by atoms with Crippen LogP contribution in [0.5, 0.6) is 5.75 Å². The molecule has 1 saturated heterocycles. The van der Waals surface area contributed by atoms with Gasteiger partial charge in [0.25, 0.3) is 11.7 Å². The Morgan fingerprint density at radius 3 is 2.73 bits per heavy atom. The topological polar surface area (TPSA) is 79.7 Å². The molecule has 1 N–H and O–H groups in total. The number of fused-ring (bicyclic) bond motifs is 1. The largest absolute Gasteiger partial charge is 0.507 e. The average Bonchev–Trinajstić information content (AvgIpc) is 3.09. The number of carbonyl (C=O) groups is 2. The molecule has 0 aliphatic carbocycles. The molecule has 2 aliphatic rings. The van der Waals surface area contributed by atoms with Gasteiger partial charge in [-0.3, -0.25) is 14.6 Å². The number of aliphatic hydroxyl groups excluding tert-OH is 1.